The van der Waals surface area contributed by atoms with Crippen LogP contribution >= 0.6 is 0 Å². The number of nitrogens with one attached hydrogen (secondary N) is 1. The Morgan fingerprint density at radius 2 is 1.67 bits per heavy atom. The van der Waals surface area contributed by atoms with Gasteiger partial charge < -0.3 is 14.8 Å². The lowest BCUT2D eigenvalue weighted by atomic mass is 9.97. The average molecular weight is 487 g/mol. The van der Waals surface area contributed by atoms with E-state index in [1.165, 1.54) is 14.2 Å². The zero-order valence-corrected chi connectivity index (χ0v) is 19.0. The molecule has 0 atom stereocenters. The minimum atomic E-state index is -4.64. The Morgan fingerprint density at radius 3 is 2.21 bits per heavy atom. The second-order valence-electron chi connectivity index (χ2n) is 7.64. The number of benzene rings is 2. The van der Waals surface area contributed by atoms with Crippen LogP contribution in [0.1, 0.15) is 24.0 Å². The van der Waals surface area contributed by atoms with Crippen molar-refractivity contribution >= 4 is 15.9 Å². The van der Waals surface area contributed by atoms with Crippen LogP contribution < -0.4 is 14.8 Å². The maximum atomic E-state index is 13.0. The summed E-state index contributed by atoms with van der Waals surface area (Å²) in [6.07, 6.45) is -4.10. The highest BCUT2D eigenvalue weighted by molar-refractivity contribution is 7.89. The van der Waals surface area contributed by atoms with Crippen molar-refractivity contribution in [3.63, 3.8) is 0 Å². The molecule has 0 bridgehead atoms. The molecule has 1 saturated heterocycles. The number of methoxy groups -OCH3 is 2. The summed E-state index contributed by atoms with van der Waals surface area (Å²) in [5, 5.41) is 2.84. The molecule has 0 radical (unpaired) electrons. The Labute approximate surface area is 190 Å². The molecule has 2 aromatic carbocycles. The largest absolute Gasteiger partial charge is 0.497 e. The molecule has 180 valence electrons. The zero-order chi connectivity index (χ0) is 24.2. The van der Waals surface area contributed by atoms with Crippen molar-refractivity contribution in [1.82, 2.24) is 9.62 Å². The second kappa shape index (κ2) is 10.0. The molecule has 1 aliphatic rings. The van der Waals surface area contributed by atoms with E-state index in [0.717, 1.165) is 28.1 Å². The van der Waals surface area contributed by atoms with Crippen LogP contribution in [0.4, 0.5) is 13.2 Å². The molecular formula is C22H25F3N2O5S. The number of sulfonamides is 1. The van der Waals surface area contributed by atoms with Gasteiger partial charge in [0.15, 0.2) is 0 Å². The van der Waals surface area contributed by atoms with Crippen LogP contribution in [-0.2, 0) is 27.5 Å². The fraction of sp³-hybridized carbons (Fsp3) is 0.409. The molecule has 1 heterocycles. The highest BCUT2D eigenvalue weighted by Gasteiger charge is 2.35. The van der Waals surface area contributed by atoms with Crippen molar-refractivity contribution in [2.24, 2.45) is 5.92 Å². The minimum absolute atomic E-state index is 0.0453. The lowest BCUT2D eigenvalue weighted by Gasteiger charge is -2.30. The van der Waals surface area contributed by atoms with Gasteiger partial charge in [0.1, 0.15) is 11.5 Å². The van der Waals surface area contributed by atoms with Crippen LogP contribution in [0.5, 0.6) is 11.5 Å². The van der Waals surface area contributed by atoms with E-state index in [9.17, 15) is 26.4 Å². The summed E-state index contributed by atoms with van der Waals surface area (Å²) in [7, 11) is -1.04. The van der Waals surface area contributed by atoms with Crippen molar-refractivity contribution < 1.29 is 35.9 Å². The average Bonchev–Trinajstić information content (AvgIpc) is 2.81. The van der Waals surface area contributed by atoms with Gasteiger partial charge in [0.25, 0.3) is 0 Å². The van der Waals surface area contributed by atoms with Gasteiger partial charge in [-0.2, -0.15) is 17.5 Å². The van der Waals surface area contributed by atoms with Gasteiger partial charge in [-0.25, -0.2) is 8.42 Å². The summed E-state index contributed by atoms with van der Waals surface area (Å²) in [5.74, 6) is 0.566. The Bertz CT molecular complexity index is 1080. The first-order valence-electron chi connectivity index (χ1n) is 10.2. The van der Waals surface area contributed by atoms with E-state index >= 15 is 0 Å². The molecule has 3 rings (SSSR count). The van der Waals surface area contributed by atoms with E-state index in [4.69, 9.17) is 9.47 Å². The van der Waals surface area contributed by atoms with Crippen LogP contribution in [-0.4, -0.2) is 45.9 Å². The summed E-state index contributed by atoms with van der Waals surface area (Å²) < 4.78 is 76.0. The molecule has 1 amide bonds. The van der Waals surface area contributed by atoms with E-state index in [1.54, 1.807) is 18.2 Å². The SMILES string of the molecule is COc1cc(CNC(=O)C2CCN(S(=O)(=O)c3cccc(C(F)(F)F)c3)CC2)cc(OC)c1. The number of ether oxygens (including phenoxy) is 2. The summed E-state index contributed by atoms with van der Waals surface area (Å²) in [4.78, 5) is 12.2. The van der Waals surface area contributed by atoms with Gasteiger partial charge in [-0.1, -0.05) is 6.07 Å². The maximum Gasteiger partial charge on any atom is 0.416 e. The molecule has 0 saturated carbocycles. The summed E-state index contributed by atoms with van der Waals surface area (Å²) >= 11 is 0. The second-order valence-corrected chi connectivity index (χ2v) is 9.58. The lowest BCUT2D eigenvalue weighted by molar-refractivity contribution is -0.137. The third-order valence-electron chi connectivity index (χ3n) is 5.50. The number of alkyl halides is 3. The van der Waals surface area contributed by atoms with Gasteiger partial charge in [0, 0.05) is 31.6 Å². The summed E-state index contributed by atoms with van der Waals surface area (Å²) in [5.41, 5.74) is -0.240. The summed E-state index contributed by atoms with van der Waals surface area (Å²) in [6.45, 7) is 0.336. The van der Waals surface area contributed by atoms with Gasteiger partial charge in [0.05, 0.1) is 24.7 Å². The molecular weight excluding hydrogens is 461 g/mol. The van der Waals surface area contributed by atoms with Crippen LogP contribution in [0, 0.1) is 5.92 Å². The van der Waals surface area contributed by atoms with E-state index in [0.29, 0.717) is 17.6 Å². The Morgan fingerprint density at radius 1 is 1.06 bits per heavy atom. The molecule has 33 heavy (non-hydrogen) atoms. The fourth-order valence-corrected chi connectivity index (χ4v) is 5.16. The van der Waals surface area contributed by atoms with Gasteiger partial charge in [-0.05, 0) is 48.7 Å². The first-order valence-corrected chi connectivity index (χ1v) is 11.7. The standard InChI is InChI=1S/C22H25F3N2O5S/c1-31-18-10-15(11-19(13-18)32-2)14-26-21(28)16-6-8-27(9-7-16)33(29,30)20-5-3-4-17(12-20)22(23,24)25/h3-5,10-13,16H,6-9,14H2,1-2H3,(H,26,28). The molecule has 0 spiro atoms. The van der Waals surface area contributed by atoms with E-state index in [-0.39, 0.29) is 38.4 Å². The third kappa shape index (κ3) is 5.97. The number of amides is 1. The van der Waals surface area contributed by atoms with Crippen LogP contribution in [0.3, 0.4) is 0 Å². The van der Waals surface area contributed by atoms with E-state index in [2.05, 4.69) is 5.32 Å². The Kier molecular flexibility index (Phi) is 7.53. The van der Waals surface area contributed by atoms with Gasteiger partial charge in [-0.3, -0.25) is 4.79 Å². The van der Waals surface area contributed by atoms with Crippen LogP contribution in [0.15, 0.2) is 47.4 Å². The quantitative estimate of drug-likeness (QED) is 0.648. The molecule has 0 aromatic heterocycles. The fourth-order valence-electron chi connectivity index (χ4n) is 3.64. The predicted octanol–water partition coefficient (Wildman–Crippen LogP) is 3.44. The number of halogens is 3. The molecule has 1 fully saturated rings. The highest BCUT2D eigenvalue weighted by Crippen LogP contribution is 2.32. The number of hydrogen-bond acceptors (Lipinski definition) is 5. The maximum absolute atomic E-state index is 13.0. The van der Waals surface area contributed by atoms with Gasteiger partial charge in [-0.15, -0.1) is 0 Å². The molecule has 0 aliphatic carbocycles. The molecule has 0 unspecified atom stereocenters. The summed E-state index contributed by atoms with van der Waals surface area (Å²) in [6, 6.07) is 8.94. The molecule has 1 N–H and O–H groups in total. The van der Waals surface area contributed by atoms with Crippen LogP contribution in [0.25, 0.3) is 0 Å². The number of rotatable bonds is 7. The number of carbonyl (C=O) groups is 1. The molecule has 7 nitrogen and oxygen atoms in total. The highest BCUT2D eigenvalue weighted by atomic mass is 32.2. The van der Waals surface area contributed by atoms with Gasteiger partial charge >= 0.3 is 6.18 Å². The van der Waals surface area contributed by atoms with Crippen molar-refractivity contribution in [3.05, 3.63) is 53.6 Å². The normalized spacial score (nSPS) is 15.8. The molecule has 2 aromatic rings. The molecule has 11 heteroatoms. The minimum Gasteiger partial charge on any atom is -0.497 e. The molecule has 1 aliphatic heterocycles. The Balaban J connectivity index is 1.60. The number of piperidine rings is 1. The van der Waals surface area contributed by atoms with E-state index in [1.807, 2.05) is 0 Å². The van der Waals surface area contributed by atoms with Crippen molar-refractivity contribution in [2.75, 3.05) is 27.3 Å². The van der Waals surface area contributed by atoms with E-state index < -0.39 is 32.6 Å². The number of carbonyl (C=O) groups excluding carboxylic acids is 1. The van der Waals surface area contributed by atoms with Crippen molar-refractivity contribution in [3.8, 4) is 11.5 Å². The lowest BCUT2D eigenvalue weighted by Crippen LogP contribution is -2.42. The third-order valence-corrected chi connectivity index (χ3v) is 7.40. The monoisotopic (exact) mass is 486 g/mol. The number of hydrogen-bond donors (Lipinski definition) is 1. The predicted molar refractivity (Wildman–Crippen MR) is 114 cm³/mol. The topological polar surface area (TPSA) is 84.9 Å². The van der Waals surface area contributed by atoms with Crippen molar-refractivity contribution in [1.29, 1.82) is 0 Å². The van der Waals surface area contributed by atoms with Gasteiger partial charge in [0.2, 0.25) is 15.9 Å². The Hall–Kier alpha value is -2.79. The van der Waals surface area contributed by atoms with Crippen molar-refractivity contribution in [2.45, 2.75) is 30.5 Å². The van der Waals surface area contributed by atoms with Crippen LogP contribution in [0.2, 0.25) is 0 Å². The first-order chi connectivity index (χ1) is 15.5. The smallest absolute Gasteiger partial charge is 0.416 e. The first kappa shape index (κ1) is 24.8. The number of nitrogens with zero attached hydrogens (tertiary/aromatic N) is 1. The zero-order valence-electron chi connectivity index (χ0n) is 18.2.